The van der Waals surface area contributed by atoms with E-state index >= 15 is 0 Å². The molecule has 4 heterocycles. The van der Waals surface area contributed by atoms with Gasteiger partial charge in [-0.15, -0.1) is 0 Å². The summed E-state index contributed by atoms with van der Waals surface area (Å²) in [6, 6.07) is 6.52. The highest BCUT2D eigenvalue weighted by Crippen LogP contribution is 2.40. The van der Waals surface area contributed by atoms with E-state index in [4.69, 9.17) is 21.0 Å². The molecule has 3 unspecified atom stereocenters. The van der Waals surface area contributed by atoms with E-state index in [0.29, 0.717) is 17.9 Å². The number of fused-ring (bicyclic) bond motifs is 2. The number of alkyl halides is 1. The first-order valence-electron chi connectivity index (χ1n) is 16.8. The summed E-state index contributed by atoms with van der Waals surface area (Å²) in [6.45, 7) is 19.0. The van der Waals surface area contributed by atoms with Crippen LogP contribution in [0.15, 0.2) is 18.2 Å². The number of aryl methyl sites for hydroxylation is 2. The standard InChI is InChI=1S/C27H40N4.C8H14FN.CHN/c1-5-8-19-9-11-21(28)18-23(19)20-10-12-22-24(17-20)29-25(6-2)30-26(22)31-15-7-13-27(3,4)14-16-31;1-8-3-2-4-10(8)6-7(9)5-8;1-2/h9,11,18,20H,5-8,10,12-17,28H2,1-4H3;7H,2-6H2,1H3;1H. The molecule has 43 heavy (non-hydrogen) atoms. The lowest BCUT2D eigenvalue weighted by molar-refractivity contribution is 0.217. The van der Waals surface area contributed by atoms with Crippen molar-refractivity contribution in [2.75, 3.05) is 36.8 Å². The lowest BCUT2D eigenvalue weighted by atomic mass is 9.80. The molecule has 3 atom stereocenters. The second-order valence-electron chi connectivity index (χ2n) is 14.2. The van der Waals surface area contributed by atoms with Crippen molar-refractivity contribution in [1.82, 2.24) is 14.9 Å². The number of aromatic nitrogens is 2. The van der Waals surface area contributed by atoms with Gasteiger partial charge in [-0.05, 0) is 112 Å². The Morgan fingerprint density at radius 1 is 1.05 bits per heavy atom. The number of nitrogens with two attached hydrogens (primary N) is 1. The maximum Gasteiger partial charge on any atom is 0.135 e. The molecule has 0 spiro atoms. The summed E-state index contributed by atoms with van der Waals surface area (Å²) in [5.41, 5.74) is 13.4. The van der Waals surface area contributed by atoms with E-state index in [1.807, 2.05) is 0 Å². The molecule has 6 nitrogen and oxygen atoms in total. The van der Waals surface area contributed by atoms with Crippen molar-refractivity contribution in [2.45, 2.75) is 129 Å². The molecule has 3 fully saturated rings. The third-order valence-corrected chi connectivity index (χ3v) is 10.4. The maximum atomic E-state index is 12.8. The molecular weight excluding hydrogens is 535 g/mol. The molecule has 3 aliphatic heterocycles. The topological polar surface area (TPSA) is 82.1 Å². The first kappa shape index (κ1) is 33.2. The molecule has 4 aliphatic rings. The molecule has 3 saturated heterocycles. The normalized spacial score (nSPS) is 26.3. The summed E-state index contributed by atoms with van der Waals surface area (Å²) in [4.78, 5) is 15.0. The first-order chi connectivity index (χ1) is 20.6. The van der Waals surface area contributed by atoms with Crippen molar-refractivity contribution in [3.05, 3.63) is 46.4 Å². The Balaban J connectivity index is 0.000000294. The van der Waals surface area contributed by atoms with Crippen LogP contribution in [0.5, 0.6) is 0 Å². The van der Waals surface area contributed by atoms with Gasteiger partial charge in [-0.3, -0.25) is 4.90 Å². The first-order valence-corrected chi connectivity index (χ1v) is 16.8. The molecule has 0 amide bonds. The number of hydrogen-bond acceptors (Lipinski definition) is 6. The fourth-order valence-electron chi connectivity index (χ4n) is 7.86. The van der Waals surface area contributed by atoms with E-state index in [0.717, 1.165) is 76.1 Å². The summed E-state index contributed by atoms with van der Waals surface area (Å²) >= 11 is 0. The molecule has 2 N–H and O–H groups in total. The van der Waals surface area contributed by atoms with Gasteiger partial charge in [0.15, 0.2) is 0 Å². The molecule has 6 rings (SSSR count). The zero-order valence-electron chi connectivity index (χ0n) is 27.5. The van der Waals surface area contributed by atoms with Gasteiger partial charge in [0.1, 0.15) is 17.8 Å². The van der Waals surface area contributed by atoms with Crippen molar-refractivity contribution in [1.29, 1.82) is 5.26 Å². The lowest BCUT2D eigenvalue weighted by Crippen LogP contribution is -2.34. The highest BCUT2D eigenvalue weighted by atomic mass is 19.1. The molecule has 7 heteroatoms. The van der Waals surface area contributed by atoms with E-state index in [9.17, 15) is 4.39 Å². The van der Waals surface area contributed by atoms with Crippen molar-refractivity contribution in [3.63, 3.8) is 0 Å². The molecule has 236 valence electrons. The van der Waals surface area contributed by atoms with Gasteiger partial charge in [0.05, 0.1) is 5.69 Å². The SMILES string of the molecule is C#N.CC12CCCN1CC(F)C2.CCCc1ccc(N)cc1C1CCc2c(nc(CC)nc2N2CCCC(C)(C)CC2)C1. The summed E-state index contributed by atoms with van der Waals surface area (Å²) < 4.78 is 12.8. The Morgan fingerprint density at radius 3 is 2.53 bits per heavy atom. The zero-order chi connectivity index (χ0) is 31.2. The highest BCUT2D eigenvalue weighted by molar-refractivity contribution is 5.53. The van der Waals surface area contributed by atoms with Crippen molar-refractivity contribution < 1.29 is 4.39 Å². The van der Waals surface area contributed by atoms with Crippen molar-refractivity contribution in [2.24, 2.45) is 5.41 Å². The van der Waals surface area contributed by atoms with E-state index in [1.165, 1.54) is 60.3 Å². The Kier molecular flexibility index (Phi) is 11.1. The highest BCUT2D eigenvalue weighted by Gasteiger charge is 2.44. The van der Waals surface area contributed by atoms with Gasteiger partial charge in [-0.2, -0.15) is 0 Å². The molecule has 1 aromatic heterocycles. The lowest BCUT2D eigenvalue weighted by Gasteiger charge is -2.31. The molecule has 1 aliphatic carbocycles. The Morgan fingerprint density at radius 2 is 1.81 bits per heavy atom. The second kappa shape index (κ2) is 14.4. The minimum Gasteiger partial charge on any atom is -0.399 e. The number of hydrogen-bond donors (Lipinski definition) is 1. The molecule has 1 aromatic carbocycles. The number of nitrogens with zero attached hydrogens (tertiary/aromatic N) is 5. The molecule has 2 aromatic rings. The number of benzene rings is 1. The van der Waals surface area contributed by atoms with Crippen molar-refractivity contribution >= 4 is 11.5 Å². The number of anilines is 2. The van der Waals surface area contributed by atoms with Gasteiger partial charge in [0.25, 0.3) is 0 Å². The van der Waals surface area contributed by atoms with Gasteiger partial charge in [0.2, 0.25) is 0 Å². The molecule has 0 radical (unpaired) electrons. The molecule has 0 bridgehead atoms. The number of halogens is 1. The van der Waals surface area contributed by atoms with Crippen LogP contribution in [-0.2, 0) is 25.7 Å². The van der Waals surface area contributed by atoms with E-state index in [-0.39, 0.29) is 5.54 Å². The van der Waals surface area contributed by atoms with Gasteiger partial charge in [-0.1, -0.05) is 40.2 Å². The predicted octanol–water partition coefficient (Wildman–Crippen LogP) is 7.59. The minimum atomic E-state index is -0.551. The number of nitriles is 1. The summed E-state index contributed by atoms with van der Waals surface area (Å²) in [5.74, 6) is 2.74. The molecule has 0 saturated carbocycles. The largest absolute Gasteiger partial charge is 0.399 e. The van der Waals surface area contributed by atoms with E-state index < -0.39 is 6.17 Å². The van der Waals surface area contributed by atoms with Crippen LogP contribution in [0.2, 0.25) is 0 Å². The quantitative estimate of drug-likeness (QED) is 0.362. The smallest absolute Gasteiger partial charge is 0.135 e. The zero-order valence-corrected chi connectivity index (χ0v) is 27.5. The van der Waals surface area contributed by atoms with Gasteiger partial charge >= 0.3 is 0 Å². The Labute approximate surface area is 260 Å². The Bertz CT molecular complexity index is 1240. The predicted molar refractivity (Wildman–Crippen MR) is 176 cm³/mol. The Hall–Kier alpha value is -2.72. The third kappa shape index (κ3) is 7.87. The van der Waals surface area contributed by atoms with Crippen LogP contribution in [0.3, 0.4) is 0 Å². The third-order valence-electron chi connectivity index (χ3n) is 10.4. The van der Waals surface area contributed by atoms with Crippen LogP contribution < -0.4 is 10.6 Å². The summed E-state index contributed by atoms with van der Waals surface area (Å²) in [6.07, 6.45) is 12.9. The monoisotopic (exact) mass is 590 g/mol. The van der Waals surface area contributed by atoms with Crippen LogP contribution in [-0.4, -0.2) is 52.8 Å². The summed E-state index contributed by atoms with van der Waals surface area (Å²) in [5, 5.41) is 6.50. The van der Waals surface area contributed by atoms with Crippen LogP contribution in [0.1, 0.15) is 120 Å². The average molecular weight is 591 g/mol. The fourth-order valence-corrected chi connectivity index (χ4v) is 7.86. The molecular formula is C36H55FN6. The average Bonchev–Trinajstić information content (AvgIpc) is 3.41. The number of nitrogen functional groups attached to an aromatic ring is 1. The second-order valence-corrected chi connectivity index (χ2v) is 14.2. The number of rotatable bonds is 5. The van der Waals surface area contributed by atoms with E-state index in [2.05, 4.69) is 69.2 Å². The maximum absolute atomic E-state index is 12.8. The minimum absolute atomic E-state index is 0.236. The van der Waals surface area contributed by atoms with Crippen LogP contribution in [0.4, 0.5) is 15.9 Å². The van der Waals surface area contributed by atoms with Gasteiger partial charge in [0, 0.05) is 49.4 Å². The van der Waals surface area contributed by atoms with Gasteiger partial charge < -0.3 is 10.6 Å². The van der Waals surface area contributed by atoms with Crippen LogP contribution in [0, 0.1) is 17.2 Å². The van der Waals surface area contributed by atoms with Crippen molar-refractivity contribution in [3.8, 4) is 6.57 Å². The van der Waals surface area contributed by atoms with Crippen LogP contribution >= 0.6 is 0 Å². The van der Waals surface area contributed by atoms with E-state index in [1.54, 1.807) is 0 Å². The summed E-state index contributed by atoms with van der Waals surface area (Å²) in [7, 11) is 0. The fraction of sp³-hybridized carbons (Fsp3) is 0.694. The van der Waals surface area contributed by atoms with Gasteiger partial charge in [-0.25, -0.2) is 19.6 Å². The van der Waals surface area contributed by atoms with Crippen LogP contribution in [0.25, 0.3) is 0 Å².